The van der Waals surface area contributed by atoms with E-state index in [-0.39, 0.29) is 19.1 Å². The lowest BCUT2D eigenvalue weighted by molar-refractivity contribution is -0.137. The van der Waals surface area contributed by atoms with Crippen LogP contribution in [0.5, 0.6) is 11.5 Å². The fourth-order valence-electron chi connectivity index (χ4n) is 4.19. The Labute approximate surface area is 189 Å². The molecule has 7 heteroatoms. The lowest BCUT2D eigenvalue weighted by Gasteiger charge is -2.39. The zero-order valence-corrected chi connectivity index (χ0v) is 18.4. The van der Waals surface area contributed by atoms with E-state index in [1.54, 1.807) is 4.90 Å². The summed E-state index contributed by atoms with van der Waals surface area (Å²) in [5.74, 6) is 1.45. The van der Waals surface area contributed by atoms with E-state index in [0.29, 0.717) is 38.6 Å². The van der Waals surface area contributed by atoms with Crippen molar-refractivity contribution >= 4 is 5.91 Å². The number of β-amino-alcohol motifs (C(OH)–C–C–N with tert-alkyl or cyclic N) is 1. The maximum Gasteiger partial charge on any atom is 0.260 e. The number of nitrogens with zero attached hydrogens (tertiary/aromatic N) is 2. The molecule has 0 bridgehead atoms. The van der Waals surface area contributed by atoms with E-state index in [4.69, 9.17) is 14.2 Å². The van der Waals surface area contributed by atoms with Crippen LogP contribution in [0.4, 0.5) is 0 Å². The Bertz CT molecular complexity index is 854. The van der Waals surface area contributed by atoms with E-state index in [1.807, 2.05) is 54.6 Å². The first kappa shape index (κ1) is 22.6. The Balaban J connectivity index is 1.24. The summed E-state index contributed by atoms with van der Waals surface area (Å²) in [5, 5.41) is 11.0. The number of ether oxygens (including phenoxy) is 3. The largest absolute Gasteiger partial charge is 0.491 e. The van der Waals surface area contributed by atoms with Gasteiger partial charge >= 0.3 is 0 Å². The van der Waals surface area contributed by atoms with Crippen molar-refractivity contribution in [3.63, 3.8) is 0 Å². The van der Waals surface area contributed by atoms with E-state index >= 15 is 0 Å². The molecular formula is C25H32N2O5. The van der Waals surface area contributed by atoms with Gasteiger partial charge in [0, 0.05) is 26.2 Å². The summed E-state index contributed by atoms with van der Waals surface area (Å²) in [6, 6.07) is 17.4. The Morgan fingerprint density at radius 2 is 1.69 bits per heavy atom. The molecule has 0 radical (unpaired) electrons. The summed E-state index contributed by atoms with van der Waals surface area (Å²) >= 11 is 0. The number of carbonyl (C=O) groups is 1. The third kappa shape index (κ3) is 6.45. The molecule has 2 saturated heterocycles. The van der Waals surface area contributed by atoms with Crippen molar-refractivity contribution in [2.24, 2.45) is 0 Å². The molecule has 7 nitrogen and oxygen atoms in total. The Kier molecular flexibility index (Phi) is 7.63. The molecule has 2 heterocycles. The highest BCUT2D eigenvalue weighted by atomic mass is 16.5. The number of amides is 1. The van der Waals surface area contributed by atoms with Crippen molar-refractivity contribution in [2.45, 2.75) is 25.0 Å². The van der Waals surface area contributed by atoms with Crippen LogP contribution in [0.15, 0.2) is 54.6 Å². The van der Waals surface area contributed by atoms with Crippen LogP contribution in [0, 0.1) is 0 Å². The lowest BCUT2D eigenvalue weighted by Crippen LogP contribution is -2.51. The van der Waals surface area contributed by atoms with E-state index in [9.17, 15) is 9.90 Å². The number of benzene rings is 2. The highest BCUT2D eigenvalue weighted by molar-refractivity contribution is 5.77. The van der Waals surface area contributed by atoms with Gasteiger partial charge in [-0.2, -0.15) is 0 Å². The zero-order valence-electron chi connectivity index (χ0n) is 18.4. The lowest BCUT2D eigenvalue weighted by atomic mass is 9.93. The third-order valence-corrected chi connectivity index (χ3v) is 5.94. The topological polar surface area (TPSA) is 71.5 Å². The monoisotopic (exact) mass is 440 g/mol. The van der Waals surface area contributed by atoms with Gasteiger partial charge in [-0.1, -0.05) is 30.3 Å². The molecule has 0 spiro atoms. The Morgan fingerprint density at radius 1 is 0.969 bits per heavy atom. The minimum Gasteiger partial charge on any atom is -0.491 e. The molecule has 2 fully saturated rings. The third-order valence-electron chi connectivity index (χ3n) is 5.94. The molecular weight excluding hydrogens is 408 g/mol. The van der Waals surface area contributed by atoms with Gasteiger partial charge < -0.3 is 24.2 Å². The van der Waals surface area contributed by atoms with Gasteiger partial charge in [-0.05, 0) is 49.2 Å². The normalized spacial score (nSPS) is 21.8. The van der Waals surface area contributed by atoms with Crippen LogP contribution < -0.4 is 9.47 Å². The maximum atomic E-state index is 12.2. The van der Waals surface area contributed by atoms with Crippen LogP contribution in [0.2, 0.25) is 0 Å². The first-order valence-corrected chi connectivity index (χ1v) is 11.3. The van der Waals surface area contributed by atoms with Gasteiger partial charge in [-0.25, -0.2) is 0 Å². The van der Waals surface area contributed by atoms with Gasteiger partial charge in [0.15, 0.2) is 6.61 Å². The minimum atomic E-state index is -0.850. The van der Waals surface area contributed by atoms with Gasteiger partial charge in [0.1, 0.15) is 23.7 Å². The fourth-order valence-corrected chi connectivity index (χ4v) is 4.19. The molecule has 0 aliphatic carbocycles. The van der Waals surface area contributed by atoms with E-state index in [2.05, 4.69) is 4.90 Å². The fraction of sp³-hybridized carbons (Fsp3) is 0.480. The summed E-state index contributed by atoms with van der Waals surface area (Å²) in [5.41, 5.74) is 0.293. The molecule has 1 N–H and O–H groups in total. The molecule has 1 atom stereocenters. The van der Waals surface area contributed by atoms with Crippen LogP contribution in [0.25, 0.3) is 0 Å². The average molecular weight is 441 g/mol. The molecule has 2 aromatic rings. The Morgan fingerprint density at radius 3 is 2.44 bits per heavy atom. The molecule has 0 aromatic heterocycles. The molecule has 2 aromatic carbocycles. The predicted molar refractivity (Wildman–Crippen MR) is 121 cm³/mol. The van der Waals surface area contributed by atoms with Gasteiger partial charge in [-0.15, -0.1) is 0 Å². The number of aliphatic hydroxyl groups is 1. The second-order valence-electron chi connectivity index (χ2n) is 8.57. The van der Waals surface area contributed by atoms with E-state index in [0.717, 1.165) is 37.2 Å². The van der Waals surface area contributed by atoms with Crippen molar-refractivity contribution in [2.75, 3.05) is 52.6 Å². The molecule has 2 aliphatic rings. The summed E-state index contributed by atoms with van der Waals surface area (Å²) in [4.78, 5) is 16.2. The van der Waals surface area contributed by atoms with Crippen LogP contribution in [-0.4, -0.2) is 79.0 Å². The second kappa shape index (κ2) is 10.8. The van der Waals surface area contributed by atoms with Crippen molar-refractivity contribution in [1.82, 2.24) is 9.80 Å². The summed E-state index contributed by atoms with van der Waals surface area (Å²) in [6.45, 7) is 5.03. The van der Waals surface area contributed by atoms with Crippen molar-refractivity contribution < 1.29 is 24.1 Å². The minimum absolute atomic E-state index is 0.0114. The summed E-state index contributed by atoms with van der Waals surface area (Å²) < 4.78 is 16.8. The smallest absolute Gasteiger partial charge is 0.260 e. The molecule has 172 valence electrons. The van der Waals surface area contributed by atoms with Gasteiger partial charge in [0.25, 0.3) is 5.91 Å². The molecule has 32 heavy (non-hydrogen) atoms. The predicted octanol–water partition coefficient (Wildman–Crippen LogP) is 2.33. The van der Waals surface area contributed by atoms with Crippen LogP contribution >= 0.6 is 0 Å². The number of piperidine rings is 1. The van der Waals surface area contributed by atoms with E-state index in [1.165, 1.54) is 0 Å². The number of carbonyl (C=O) groups excluding carboxylic acids is 1. The molecule has 0 saturated carbocycles. The second-order valence-corrected chi connectivity index (χ2v) is 8.57. The molecule has 4 rings (SSSR count). The highest BCUT2D eigenvalue weighted by Crippen LogP contribution is 2.24. The number of hydrogen-bond donors (Lipinski definition) is 1. The van der Waals surface area contributed by atoms with E-state index < -0.39 is 5.60 Å². The number of hydrogen-bond acceptors (Lipinski definition) is 6. The van der Waals surface area contributed by atoms with Crippen LogP contribution in [-0.2, 0) is 16.1 Å². The first-order chi connectivity index (χ1) is 15.6. The number of rotatable bonds is 8. The average Bonchev–Trinajstić information content (AvgIpc) is 2.83. The van der Waals surface area contributed by atoms with Crippen molar-refractivity contribution in [3.8, 4) is 11.5 Å². The number of likely N-dealkylation sites (tertiary alicyclic amines) is 1. The van der Waals surface area contributed by atoms with Crippen LogP contribution in [0.3, 0.4) is 0 Å². The maximum absolute atomic E-state index is 12.2. The van der Waals surface area contributed by atoms with Gasteiger partial charge in [0.05, 0.1) is 13.2 Å². The molecule has 0 unspecified atom stereocenters. The SMILES string of the molecule is O=C(COc1ccc(CN2CCC[C@@](O)(COc3ccccc3)C2)cc1)N1CCOCC1. The summed E-state index contributed by atoms with van der Waals surface area (Å²) in [6.07, 6.45) is 1.67. The van der Waals surface area contributed by atoms with Crippen molar-refractivity contribution in [1.29, 1.82) is 0 Å². The number of para-hydroxylation sites is 1. The molecule has 2 aliphatic heterocycles. The van der Waals surface area contributed by atoms with Crippen LogP contribution in [0.1, 0.15) is 18.4 Å². The summed E-state index contributed by atoms with van der Waals surface area (Å²) in [7, 11) is 0. The highest BCUT2D eigenvalue weighted by Gasteiger charge is 2.34. The van der Waals surface area contributed by atoms with Crippen molar-refractivity contribution in [3.05, 3.63) is 60.2 Å². The Hall–Kier alpha value is -2.61. The standard InChI is InChI=1S/C25H32N2O5/c28-24(27-13-15-30-16-14-27)18-31-23-9-7-21(8-10-23)17-26-12-4-11-25(29,19-26)20-32-22-5-2-1-3-6-22/h1-3,5-10,29H,4,11-20H2/t25-/m0/s1. The van der Waals surface area contributed by atoms with Gasteiger partial charge in [0.2, 0.25) is 0 Å². The first-order valence-electron chi connectivity index (χ1n) is 11.3. The van der Waals surface area contributed by atoms with Gasteiger partial charge in [-0.3, -0.25) is 9.69 Å². The molecule has 1 amide bonds. The quantitative estimate of drug-likeness (QED) is 0.680. The zero-order chi connectivity index (χ0) is 22.2. The number of morpholine rings is 1.